The number of allylic oxidation sites excluding steroid dienone is 2. The lowest BCUT2D eigenvalue weighted by Crippen LogP contribution is -2.19. The van der Waals surface area contributed by atoms with E-state index >= 15 is 0 Å². The first-order valence-corrected chi connectivity index (χ1v) is 3.45. The summed E-state index contributed by atoms with van der Waals surface area (Å²) in [4.78, 5) is 0. The van der Waals surface area contributed by atoms with Crippen LogP contribution in [0, 0.1) is 0 Å². The van der Waals surface area contributed by atoms with Crippen molar-refractivity contribution in [3.8, 4) is 0 Å². The topological polar surface area (TPSA) is 0 Å². The van der Waals surface area contributed by atoms with E-state index in [1.807, 2.05) is 6.08 Å². The second-order valence-electron chi connectivity index (χ2n) is 3.17. The first-order valence-electron chi connectivity index (χ1n) is 3.45. The van der Waals surface area contributed by atoms with Crippen LogP contribution in [-0.2, 0) is 0 Å². The predicted octanol–water partition coefficient (Wildman–Crippen LogP) is 2.84. The van der Waals surface area contributed by atoms with E-state index in [1.165, 1.54) is 5.57 Å². The van der Waals surface area contributed by atoms with Gasteiger partial charge in [0.1, 0.15) is 5.67 Å². The normalized spacial score (nSPS) is 36.1. The minimum atomic E-state index is -0.917. The number of alkyl halides is 1. The molecule has 0 amide bonds. The SMILES string of the molecule is CC1=CCC(C)(F)CC1. The zero-order chi connectivity index (χ0) is 6.91. The Balaban J connectivity index is 2.56. The van der Waals surface area contributed by atoms with Gasteiger partial charge in [0.25, 0.3) is 0 Å². The van der Waals surface area contributed by atoms with E-state index in [-0.39, 0.29) is 0 Å². The van der Waals surface area contributed by atoms with Crippen molar-refractivity contribution in [3.63, 3.8) is 0 Å². The molecule has 0 aromatic heterocycles. The largest absolute Gasteiger partial charge is 0.244 e. The fourth-order valence-corrected chi connectivity index (χ4v) is 1.05. The van der Waals surface area contributed by atoms with E-state index in [2.05, 4.69) is 6.92 Å². The molecule has 0 aromatic carbocycles. The number of hydrogen-bond acceptors (Lipinski definition) is 0. The van der Waals surface area contributed by atoms with Gasteiger partial charge in [0.15, 0.2) is 0 Å². The molecule has 52 valence electrons. The molecule has 1 aliphatic carbocycles. The molecule has 0 saturated heterocycles. The average molecular weight is 128 g/mol. The molecule has 0 radical (unpaired) electrons. The lowest BCUT2D eigenvalue weighted by atomic mass is 9.89. The Labute approximate surface area is 55.8 Å². The standard InChI is InChI=1S/C8H13F/c1-7-3-5-8(2,9)6-4-7/h3H,4-6H2,1-2H3. The molecular formula is C8H13F. The van der Waals surface area contributed by atoms with Gasteiger partial charge in [-0.15, -0.1) is 0 Å². The molecule has 0 nitrogen and oxygen atoms in total. The van der Waals surface area contributed by atoms with Gasteiger partial charge in [-0.05, 0) is 33.1 Å². The molecule has 0 aliphatic heterocycles. The first-order chi connectivity index (χ1) is 4.10. The molecule has 0 bridgehead atoms. The highest BCUT2D eigenvalue weighted by atomic mass is 19.1. The minimum absolute atomic E-state index is 0.610. The third-order valence-electron chi connectivity index (χ3n) is 1.92. The molecule has 0 fully saturated rings. The maximum absolute atomic E-state index is 13.0. The van der Waals surface area contributed by atoms with E-state index in [1.54, 1.807) is 6.92 Å². The van der Waals surface area contributed by atoms with Gasteiger partial charge in [-0.2, -0.15) is 0 Å². The van der Waals surface area contributed by atoms with E-state index in [0.717, 1.165) is 6.42 Å². The molecule has 9 heavy (non-hydrogen) atoms. The van der Waals surface area contributed by atoms with Crippen molar-refractivity contribution in [2.45, 2.75) is 38.8 Å². The highest BCUT2D eigenvalue weighted by molar-refractivity contribution is 5.06. The number of hydrogen-bond donors (Lipinski definition) is 0. The second-order valence-corrected chi connectivity index (χ2v) is 3.17. The summed E-state index contributed by atoms with van der Waals surface area (Å²) in [5, 5.41) is 0. The maximum atomic E-state index is 13.0. The Morgan fingerprint density at radius 2 is 2.33 bits per heavy atom. The van der Waals surface area contributed by atoms with Crippen LogP contribution in [0.1, 0.15) is 33.1 Å². The predicted molar refractivity (Wildman–Crippen MR) is 37.1 cm³/mol. The number of rotatable bonds is 0. The van der Waals surface area contributed by atoms with Gasteiger partial charge >= 0.3 is 0 Å². The molecule has 0 N–H and O–H groups in total. The van der Waals surface area contributed by atoms with Crippen LogP contribution in [0.4, 0.5) is 4.39 Å². The average Bonchev–Trinajstić information content (AvgIpc) is 1.78. The molecule has 1 atom stereocenters. The summed E-state index contributed by atoms with van der Waals surface area (Å²) in [6.45, 7) is 3.74. The summed E-state index contributed by atoms with van der Waals surface area (Å²) < 4.78 is 13.0. The van der Waals surface area contributed by atoms with E-state index in [9.17, 15) is 4.39 Å². The summed E-state index contributed by atoms with van der Waals surface area (Å²) >= 11 is 0. The molecule has 1 rings (SSSR count). The van der Waals surface area contributed by atoms with Crippen molar-refractivity contribution in [3.05, 3.63) is 11.6 Å². The lowest BCUT2D eigenvalue weighted by molar-refractivity contribution is 0.172. The quantitative estimate of drug-likeness (QED) is 0.440. The molecule has 1 aliphatic rings. The van der Waals surface area contributed by atoms with Gasteiger partial charge < -0.3 is 0 Å². The summed E-state index contributed by atoms with van der Waals surface area (Å²) in [6.07, 6.45) is 4.25. The number of halogens is 1. The van der Waals surface area contributed by atoms with E-state index in [0.29, 0.717) is 12.8 Å². The Kier molecular flexibility index (Phi) is 1.60. The first kappa shape index (κ1) is 6.79. The maximum Gasteiger partial charge on any atom is 0.112 e. The van der Waals surface area contributed by atoms with Gasteiger partial charge in [0.05, 0.1) is 0 Å². The van der Waals surface area contributed by atoms with Crippen molar-refractivity contribution in [1.29, 1.82) is 0 Å². The van der Waals surface area contributed by atoms with Crippen molar-refractivity contribution in [2.75, 3.05) is 0 Å². The third kappa shape index (κ3) is 1.81. The van der Waals surface area contributed by atoms with Gasteiger partial charge in [-0.1, -0.05) is 11.6 Å². The van der Waals surface area contributed by atoms with Crippen LogP contribution in [0.2, 0.25) is 0 Å². The zero-order valence-electron chi connectivity index (χ0n) is 6.08. The molecule has 0 spiro atoms. The highest BCUT2D eigenvalue weighted by Crippen LogP contribution is 2.29. The Bertz CT molecular complexity index is 134. The van der Waals surface area contributed by atoms with Crippen LogP contribution >= 0.6 is 0 Å². The smallest absolute Gasteiger partial charge is 0.112 e. The lowest BCUT2D eigenvalue weighted by Gasteiger charge is -2.23. The van der Waals surface area contributed by atoms with Crippen molar-refractivity contribution in [2.24, 2.45) is 0 Å². The van der Waals surface area contributed by atoms with Crippen molar-refractivity contribution >= 4 is 0 Å². The fraction of sp³-hybridized carbons (Fsp3) is 0.750. The van der Waals surface area contributed by atoms with Crippen molar-refractivity contribution < 1.29 is 4.39 Å². The molecular weight excluding hydrogens is 115 g/mol. The Morgan fingerprint density at radius 3 is 2.67 bits per heavy atom. The molecule has 1 unspecified atom stereocenters. The van der Waals surface area contributed by atoms with E-state index in [4.69, 9.17) is 0 Å². The fourth-order valence-electron chi connectivity index (χ4n) is 1.05. The summed E-state index contributed by atoms with van der Waals surface area (Å²) in [5.74, 6) is 0. The summed E-state index contributed by atoms with van der Waals surface area (Å²) in [6, 6.07) is 0. The van der Waals surface area contributed by atoms with Gasteiger partial charge in [0.2, 0.25) is 0 Å². The minimum Gasteiger partial charge on any atom is -0.244 e. The highest BCUT2D eigenvalue weighted by Gasteiger charge is 2.24. The van der Waals surface area contributed by atoms with Crippen molar-refractivity contribution in [1.82, 2.24) is 0 Å². The van der Waals surface area contributed by atoms with Crippen LogP contribution in [0.25, 0.3) is 0 Å². The molecule has 0 saturated carbocycles. The van der Waals surface area contributed by atoms with Gasteiger partial charge in [-0.3, -0.25) is 0 Å². The Hall–Kier alpha value is -0.330. The second kappa shape index (κ2) is 2.13. The van der Waals surface area contributed by atoms with Crippen LogP contribution in [0.3, 0.4) is 0 Å². The van der Waals surface area contributed by atoms with Crippen LogP contribution in [0.15, 0.2) is 11.6 Å². The van der Waals surface area contributed by atoms with Gasteiger partial charge in [-0.25, -0.2) is 4.39 Å². The third-order valence-corrected chi connectivity index (χ3v) is 1.92. The van der Waals surface area contributed by atoms with Crippen LogP contribution in [-0.4, -0.2) is 5.67 Å². The van der Waals surface area contributed by atoms with Gasteiger partial charge in [0, 0.05) is 0 Å². The zero-order valence-corrected chi connectivity index (χ0v) is 6.08. The van der Waals surface area contributed by atoms with E-state index < -0.39 is 5.67 Å². The summed E-state index contributed by atoms with van der Waals surface area (Å²) in [5.41, 5.74) is 0.421. The molecule has 1 heteroatoms. The van der Waals surface area contributed by atoms with Crippen LogP contribution in [0.5, 0.6) is 0 Å². The Morgan fingerprint density at radius 1 is 1.67 bits per heavy atom. The summed E-state index contributed by atoms with van der Waals surface area (Å²) in [7, 11) is 0. The van der Waals surface area contributed by atoms with Crippen LogP contribution < -0.4 is 0 Å². The monoisotopic (exact) mass is 128 g/mol. The molecule has 0 aromatic rings. The molecule has 0 heterocycles.